The lowest BCUT2D eigenvalue weighted by Gasteiger charge is -2.12. The van der Waals surface area contributed by atoms with Crippen LogP contribution in [0.2, 0.25) is 0 Å². The fourth-order valence-electron chi connectivity index (χ4n) is 4.14. The number of aliphatic imine (C=N–C) groups is 1. The van der Waals surface area contributed by atoms with Crippen molar-refractivity contribution in [3.05, 3.63) is 76.9 Å². The molecule has 31 heavy (non-hydrogen) atoms. The molecule has 0 N–H and O–H groups in total. The third-order valence-corrected chi connectivity index (χ3v) is 5.75. The van der Waals surface area contributed by atoms with Crippen molar-refractivity contribution in [2.75, 3.05) is 7.11 Å². The zero-order valence-corrected chi connectivity index (χ0v) is 17.8. The van der Waals surface area contributed by atoms with Gasteiger partial charge >= 0.3 is 0 Å². The average molecular weight is 409 g/mol. The van der Waals surface area contributed by atoms with Gasteiger partial charge in [-0.2, -0.15) is 4.98 Å². The third kappa shape index (κ3) is 3.57. The second-order valence-electron chi connectivity index (χ2n) is 7.85. The van der Waals surface area contributed by atoms with Crippen LogP contribution in [-0.4, -0.2) is 23.5 Å². The van der Waals surface area contributed by atoms with Gasteiger partial charge in [0.1, 0.15) is 0 Å². The molecule has 0 radical (unpaired) electrons. The molecule has 0 saturated heterocycles. The molecular weight excluding hydrogens is 386 g/mol. The van der Waals surface area contributed by atoms with E-state index < -0.39 is 0 Å². The summed E-state index contributed by atoms with van der Waals surface area (Å²) in [6, 6.07) is 18.7. The van der Waals surface area contributed by atoms with Gasteiger partial charge in [0.05, 0.1) is 12.3 Å². The maximum atomic E-state index is 5.63. The van der Waals surface area contributed by atoms with Crippen LogP contribution in [0.25, 0.3) is 34.0 Å². The number of aryl methyl sites for hydroxylation is 2. The Morgan fingerprint density at radius 2 is 1.81 bits per heavy atom. The minimum atomic E-state index is 0.491. The van der Waals surface area contributed by atoms with Crippen LogP contribution in [-0.2, 0) is 17.8 Å². The number of rotatable bonds is 5. The van der Waals surface area contributed by atoms with Crippen LogP contribution in [0, 0.1) is 13.8 Å². The number of hydrogen-bond donors (Lipinski definition) is 0. The molecule has 1 aliphatic heterocycles. The first-order valence-corrected chi connectivity index (χ1v) is 10.3. The van der Waals surface area contributed by atoms with Crippen molar-refractivity contribution in [1.82, 2.24) is 10.1 Å². The number of methoxy groups -OCH3 is 1. The Balaban J connectivity index is 1.53. The van der Waals surface area contributed by atoms with E-state index in [1.165, 1.54) is 22.3 Å². The first kappa shape index (κ1) is 19.4. The molecule has 0 unspecified atom stereocenters. The fourth-order valence-corrected chi connectivity index (χ4v) is 4.14. The number of aromatic nitrogens is 2. The van der Waals surface area contributed by atoms with Crippen LogP contribution in [0.4, 0.5) is 5.69 Å². The van der Waals surface area contributed by atoms with E-state index in [1.54, 1.807) is 7.11 Å². The van der Waals surface area contributed by atoms with Gasteiger partial charge in [0.15, 0.2) is 0 Å². The van der Waals surface area contributed by atoms with Crippen molar-refractivity contribution >= 4 is 11.9 Å². The van der Waals surface area contributed by atoms with E-state index in [0.29, 0.717) is 18.3 Å². The lowest BCUT2D eigenvalue weighted by molar-refractivity contribution is 0.185. The van der Waals surface area contributed by atoms with Gasteiger partial charge in [-0.3, -0.25) is 4.99 Å². The Hall–Kier alpha value is -3.57. The topological polar surface area (TPSA) is 60.5 Å². The molecule has 0 aliphatic carbocycles. The van der Waals surface area contributed by atoms with Gasteiger partial charge in [0, 0.05) is 30.9 Å². The zero-order valence-electron chi connectivity index (χ0n) is 17.8. The smallest absolute Gasteiger partial charge is 0.258 e. The van der Waals surface area contributed by atoms with Crippen LogP contribution in [0.3, 0.4) is 0 Å². The van der Waals surface area contributed by atoms with Crippen molar-refractivity contribution in [3.63, 3.8) is 0 Å². The molecule has 1 aliphatic rings. The summed E-state index contributed by atoms with van der Waals surface area (Å²) < 4.78 is 11.1. The highest BCUT2D eigenvalue weighted by molar-refractivity contribution is 5.80. The van der Waals surface area contributed by atoms with Gasteiger partial charge < -0.3 is 9.26 Å². The standard InChI is InChI=1S/C26H23N3O2/c1-16-6-4-5-7-21(16)23-9-8-18(13-20(23)15-30-3)26-28-25(29-31-26)19-12-17(2)22-10-11-27-24(22)14-19/h4-9,11-14H,10,15H2,1-3H3. The highest BCUT2D eigenvalue weighted by Gasteiger charge is 2.17. The molecule has 5 nitrogen and oxygen atoms in total. The third-order valence-electron chi connectivity index (χ3n) is 5.75. The number of hydrogen-bond acceptors (Lipinski definition) is 5. The Kier molecular flexibility index (Phi) is 4.96. The second kappa shape index (κ2) is 7.93. The molecular formula is C26H23N3O2. The largest absolute Gasteiger partial charge is 0.380 e. The first-order chi connectivity index (χ1) is 15.1. The monoisotopic (exact) mass is 409 g/mol. The van der Waals surface area contributed by atoms with Gasteiger partial charge in [-0.05, 0) is 71.5 Å². The molecule has 5 rings (SSSR count). The van der Waals surface area contributed by atoms with E-state index in [0.717, 1.165) is 34.4 Å². The first-order valence-electron chi connectivity index (χ1n) is 10.3. The predicted molar refractivity (Wildman–Crippen MR) is 123 cm³/mol. The van der Waals surface area contributed by atoms with Gasteiger partial charge in [-0.25, -0.2) is 0 Å². The molecule has 0 atom stereocenters. The van der Waals surface area contributed by atoms with Gasteiger partial charge in [-0.1, -0.05) is 35.5 Å². The van der Waals surface area contributed by atoms with E-state index in [-0.39, 0.29) is 0 Å². The average Bonchev–Trinajstić information content (AvgIpc) is 3.45. The fraction of sp³-hybridized carbons (Fsp3) is 0.192. The molecule has 0 saturated carbocycles. The summed E-state index contributed by atoms with van der Waals surface area (Å²) >= 11 is 0. The summed E-state index contributed by atoms with van der Waals surface area (Å²) in [5.74, 6) is 1.06. The van der Waals surface area contributed by atoms with Gasteiger partial charge in [-0.15, -0.1) is 0 Å². The molecule has 1 aromatic heterocycles. The Labute approximate surface area is 181 Å². The number of nitrogens with zero attached hydrogens (tertiary/aromatic N) is 3. The van der Waals surface area contributed by atoms with Gasteiger partial charge in [0.2, 0.25) is 5.82 Å². The van der Waals surface area contributed by atoms with E-state index in [2.05, 4.69) is 71.4 Å². The molecule has 154 valence electrons. The Morgan fingerprint density at radius 1 is 0.935 bits per heavy atom. The number of ether oxygens (including phenoxy) is 1. The highest BCUT2D eigenvalue weighted by Crippen LogP contribution is 2.34. The van der Waals surface area contributed by atoms with Crippen molar-refractivity contribution in [2.45, 2.75) is 26.9 Å². The van der Waals surface area contributed by atoms with E-state index in [4.69, 9.17) is 9.26 Å². The molecule has 4 aromatic rings. The van der Waals surface area contributed by atoms with E-state index >= 15 is 0 Å². The molecule has 0 fully saturated rings. The summed E-state index contributed by atoms with van der Waals surface area (Å²) in [6.45, 7) is 4.71. The predicted octanol–water partition coefficient (Wildman–Crippen LogP) is 6.09. The van der Waals surface area contributed by atoms with Crippen molar-refractivity contribution in [1.29, 1.82) is 0 Å². The van der Waals surface area contributed by atoms with Crippen molar-refractivity contribution in [2.24, 2.45) is 4.99 Å². The quantitative estimate of drug-likeness (QED) is 0.400. The van der Waals surface area contributed by atoms with E-state index in [9.17, 15) is 0 Å². The van der Waals surface area contributed by atoms with Crippen LogP contribution >= 0.6 is 0 Å². The maximum absolute atomic E-state index is 5.63. The van der Waals surface area contributed by atoms with Gasteiger partial charge in [0.25, 0.3) is 5.89 Å². The zero-order chi connectivity index (χ0) is 21.4. The second-order valence-corrected chi connectivity index (χ2v) is 7.85. The van der Waals surface area contributed by atoms with E-state index in [1.807, 2.05) is 18.3 Å². The summed E-state index contributed by atoms with van der Waals surface area (Å²) in [5.41, 5.74) is 9.89. The summed E-state index contributed by atoms with van der Waals surface area (Å²) in [5, 5.41) is 4.23. The molecule has 2 heterocycles. The molecule has 0 bridgehead atoms. The molecule has 5 heteroatoms. The molecule has 3 aromatic carbocycles. The highest BCUT2D eigenvalue weighted by atomic mass is 16.5. The lowest BCUT2D eigenvalue weighted by Crippen LogP contribution is -1.95. The number of fused-ring (bicyclic) bond motifs is 1. The van der Waals surface area contributed by atoms with Crippen molar-refractivity contribution in [3.8, 4) is 34.0 Å². The Bertz CT molecular complexity index is 1300. The minimum Gasteiger partial charge on any atom is -0.380 e. The number of benzene rings is 3. The van der Waals surface area contributed by atoms with Crippen LogP contribution in [0.5, 0.6) is 0 Å². The summed E-state index contributed by atoms with van der Waals surface area (Å²) in [7, 11) is 1.71. The summed E-state index contributed by atoms with van der Waals surface area (Å²) in [6.07, 6.45) is 2.82. The van der Waals surface area contributed by atoms with Crippen molar-refractivity contribution < 1.29 is 9.26 Å². The SMILES string of the molecule is COCc1cc(-c2nc(-c3cc(C)c4c(c3)N=CC4)no2)ccc1-c1ccccc1C. The minimum absolute atomic E-state index is 0.491. The van der Waals surface area contributed by atoms with Crippen LogP contribution < -0.4 is 0 Å². The maximum Gasteiger partial charge on any atom is 0.258 e. The Morgan fingerprint density at radius 3 is 2.65 bits per heavy atom. The lowest BCUT2D eigenvalue weighted by atomic mass is 9.94. The summed E-state index contributed by atoms with van der Waals surface area (Å²) in [4.78, 5) is 9.13. The normalized spacial score (nSPS) is 12.4. The molecule has 0 amide bonds. The molecule has 0 spiro atoms. The van der Waals surface area contributed by atoms with Crippen LogP contribution in [0.15, 0.2) is 64.1 Å². The van der Waals surface area contributed by atoms with Crippen LogP contribution in [0.1, 0.15) is 22.3 Å².